The SMILES string of the molecule is CN(Cc1ccc(F)cc1F)S(=O)(=O)c1ccc2c(c1)/C(=C\c1nccs1)C(=O)N2Cc1ccc(F)cc1. The van der Waals surface area contributed by atoms with Gasteiger partial charge in [-0.2, -0.15) is 4.31 Å². The summed E-state index contributed by atoms with van der Waals surface area (Å²) in [6.45, 7) is -0.167. The van der Waals surface area contributed by atoms with Crippen LogP contribution in [0.2, 0.25) is 0 Å². The molecule has 6 nitrogen and oxygen atoms in total. The minimum atomic E-state index is -4.11. The van der Waals surface area contributed by atoms with Gasteiger partial charge in [0.15, 0.2) is 0 Å². The molecule has 38 heavy (non-hydrogen) atoms. The van der Waals surface area contributed by atoms with E-state index in [-0.39, 0.29) is 35.0 Å². The maximum atomic E-state index is 14.2. The number of hydrogen-bond donors (Lipinski definition) is 0. The molecule has 0 saturated carbocycles. The number of sulfonamides is 1. The quantitative estimate of drug-likeness (QED) is 0.284. The molecule has 1 aliphatic heterocycles. The van der Waals surface area contributed by atoms with Crippen LogP contribution in [0, 0.1) is 17.5 Å². The van der Waals surface area contributed by atoms with Crippen molar-refractivity contribution in [3.05, 3.63) is 111 Å². The van der Waals surface area contributed by atoms with Gasteiger partial charge < -0.3 is 4.90 Å². The fraction of sp³-hybridized carbons (Fsp3) is 0.111. The summed E-state index contributed by atoms with van der Waals surface area (Å²) < 4.78 is 68.6. The van der Waals surface area contributed by atoms with Crippen LogP contribution in [0.25, 0.3) is 11.6 Å². The molecule has 1 aliphatic rings. The van der Waals surface area contributed by atoms with E-state index in [2.05, 4.69) is 4.98 Å². The van der Waals surface area contributed by atoms with E-state index < -0.39 is 27.5 Å². The van der Waals surface area contributed by atoms with Crippen LogP contribution in [0.4, 0.5) is 18.9 Å². The highest BCUT2D eigenvalue weighted by molar-refractivity contribution is 7.89. The topological polar surface area (TPSA) is 70.6 Å². The lowest BCUT2D eigenvalue weighted by molar-refractivity contribution is -0.113. The summed E-state index contributed by atoms with van der Waals surface area (Å²) >= 11 is 1.32. The van der Waals surface area contributed by atoms with Gasteiger partial charge in [-0.15, -0.1) is 11.3 Å². The van der Waals surface area contributed by atoms with E-state index in [0.717, 1.165) is 10.4 Å². The van der Waals surface area contributed by atoms with Gasteiger partial charge >= 0.3 is 0 Å². The van der Waals surface area contributed by atoms with E-state index in [1.165, 1.54) is 53.6 Å². The Morgan fingerprint density at radius 3 is 2.42 bits per heavy atom. The predicted octanol–water partition coefficient (Wildman–Crippen LogP) is 5.47. The molecule has 0 spiro atoms. The van der Waals surface area contributed by atoms with Crippen molar-refractivity contribution in [2.45, 2.75) is 18.0 Å². The summed E-state index contributed by atoms with van der Waals surface area (Å²) in [4.78, 5) is 19.1. The number of fused-ring (bicyclic) bond motifs is 1. The van der Waals surface area contributed by atoms with Gasteiger partial charge in [0.25, 0.3) is 5.91 Å². The van der Waals surface area contributed by atoms with Crippen LogP contribution in [0.1, 0.15) is 21.7 Å². The molecular weight excluding hydrogens is 535 g/mol. The lowest BCUT2D eigenvalue weighted by Crippen LogP contribution is -2.27. The number of anilines is 1. The van der Waals surface area contributed by atoms with E-state index >= 15 is 0 Å². The van der Waals surface area contributed by atoms with Gasteiger partial charge in [0, 0.05) is 42.4 Å². The van der Waals surface area contributed by atoms with E-state index in [0.29, 0.717) is 27.9 Å². The Balaban J connectivity index is 1.52. The molecule has 0 radical (unpaired) electrons. The van der Waals surface area contributed by atoms with Gasteiger partial charge in [-0.05, 0) is 48.0 Å². The number of rotatable bonds is 7. The van der Waals surface area contributed by atoms with Crippen LogP contribution in [-0.4, -0.2) is 30.7 Å². The zero-order chi connectivity index (χ0) is 27.0. The van der Waals surface area contributed by atoms with Crippen molar-refractivity contribution >= 4 is 44.6 Å². The smallest absolute Gasteiger partial charge is 0.259 e. The van der Waals surface area contributed by atoms with Gasteiger partial charge in [-0.1, -0.05) is 18.2 Å². The van der Waals surface area contributed by atoms with Gasteiger partial charge in [-0.3, -0.25) is 4.79 Å². The third-order valence-electron chi connectivity index (χ3n) is 6.11. The zero-order valence-electron chi connectivity index (χ0n) is 19.9. The molecule has 0 atom stereocenters. The monoisotopic (exact) mass is 555 g/mol. The van der Waals surface area contributed by atoms with Crippen molar-refractivity contribution < 1.29 is 26.4 Å². The Bertz CT molecular complexity index is 1650. The number of halogens is 3. The van der Waals surface area contributed by atoms with Crippen LogP contribution in [0.5, 0.6) is 0 Å². The molecule has 11 heteroatoms. The van der Waals surface area contributed by atoms with Gasteiger partial charge in [0.05, 0.1) is 22.7 Å². The highest BCUT2D eigenvalue weighted by Gasteiger charge is 2.34. The summed E-state index contributed by atoms with van der Waals surface area (Å²) in [6, 6.07) is 13.0. The van der Waals surface area contributed by atoms with Crippen molar-refractivity contribution in [2.24, 2.45) is 0 Å². The molecule has 0 fully saturated rings. The van der Waals surface area contributed by atoms with Gasteiger partial charge in [0.1, 0.15) is 22.5 Å². The van der Waals surface area contributed by atoms with E-state index in [4.69, 9.17) is 0 Å². The Morgan fingerprint density at radius 1 is 1.00 bits per heavy atom. The summed E-state index contributed by atoms with van der Waals surface area (Å²) in [5.74, 6) is -2.36. The molecule has 3 aromatic carbocycles. The number of hydrogen-bond acceptors (Lipinski definition) is 5. The molecule has 0 bridgehead atoms. The van der Waals surface area contributed by atoms with Gasteiger partial charge in [0.2, 0.25) is 10.0 Å². The largest absolute Gasteiger partial charge is 0.303 e. The van der Waals surface area contributed by atoms with Crippen molar-refractivity contribution in [3.63, 3.8) is 0 Å². The number of thiazole rings is 1. The average molecular weight is 556 g/mol. The summed E-state index contributed by atoms with van der Waals surface area (Å²) in [5.41, 5.74) is 1.87. The molecule has 1 aromatic heterocycles. The van der Waals surface area contributed by atoms with E-state index in [1.54, 1.807) is 35.9 Å². The van der Waals surface area contributed by atoms with Crippen LogP contribution in [0.15, 0.2) is 77.1 Å². The minimum Gasteiger partial charge on any atom is -0.303 e. The molecule has 0 saturated heterocycles. The van der Waals surface area contributed by atoms with Gasteiger partial charge in [-0.25, -0.2) is 26.6 Å². The summed E-state index contributed by atoms with van der Waals surface area (Å²) in [6.07, 6.45) is 3.20. The Labute approximate surface area is 221 Å². The number of nitrogens with zero attached hydrogens (tertiary/aromatic N) is 3. The molecule has 1 amide bonds. The van der Waals surface area contributed by atoms with Crippen LogP contribution < -0.4 is 4.90 Å². The Kier molecular flexibility index (Phi) is 6.91. The van der Waals surface area contributed by atoms with Crippen LogP contribution >= 0.6 is 11.3 Å². The van der Waals surface area contributed by atoms with Crippen molar-refractivity contribution in [2.75, 3.05) is 11.9 Å². The van der Waals surface area contributed by atoms with E-state index in [1.807, 2.05) is 0 Å². The maximum Gasteiger partial charge on any atom is 0.259 e. The average Bonchev–Trinajstić information content (AvgIpc) is 3.49. The molecule has 4 aromatic rings. The van der Waals surface area contributed by atoms with Crippen LogP contribution in [0.3, 0.4) is 0 Å². The minimum absolute atomic E-state index is 0.0173. The number of amides is 1. The second-order valence-electron chi connectivity index (χ2n) is 8.62. The van der Waals surface area contributed by atoms with Crippen molar-refractivity contribution in [1.82, 2.24) is 9.29 Å². The number of carbonyl (C=O) groups is 1. The maximum absolute atomic E-state index is 14.2. The molecule has 0 N–H and O–H groups in total. The first-order valence-electron chi connectivity index (χ1n) is 11.4. The molecule has 2 heterocycles. The number of carbonyl (C=O) groups excluding carboxylic acids is 1. The molecule has 5 rings (SSSR count). The van der Waals surface area contributed by atoms with Crippen molar-refractivity contribution in [1.29, 1.82) is 0 Å². The predicted molar refractivity (Wildman–Crippen MR) is 139 cm³/mol. The Morgan fingerprint density at radius 2 is 1.74 bits per heavy atom. The third-order valence-corrected chi connectivity index (χ3v) is 8.64. The second kappa shape index (κ2) is 10.2. The first kappa shape index (κ1) is 25.8. The zero-order valence-corrected chi connectivity index (χ0v) is 21.6. The molecule has 194 valence electrons. The molecule has 0 unspecified atom stereocenters. The Hall–Kier alpha value is -3.80. The highest BCUT2D eigenvalue weighted by Crippen LogP contribution is 2.40. The first-order valence-corrected chi connectivity index (χ1v) is 13.7. The molecular formula is C27H20F3N3O3S2. The standard InChI is InChI=1S/C27H20F3N3O3S2/c1-32(16-18-4-7-20(29)12-24(18)30)38(35,36)21-8-9-25-22(13-21)23(14-26-31-10-11-37-26)27(34)33(25)15-17-2-5-19(28)6-3-17/h2-14H,15-16H2,1H3/b23-14+. The normalized spacial score (nSPS) is 14.5. The van der Waals surface area contributed by atoms with E-state index in [9.17, 15) is 26.4 Å². The highest BCUT2D eigenvalue weighted by atomic mass is 32.2. The fourth-order valence-electron chi connectivity index (χ4n) is 4.15. The fourth-order valence-corrected chi connectivity index (χ4v) is 5.89. The lowest BCUT2D eigenvalue weighted by Gasteiger charge is -2.19. The molecule has 0 aliphatic carbocycles. The first-order chi connectivity index (χ1) is 18.1. The number of benzene rings is 3. The summed E-state index contributed by atoms with van der Waals surface area (Å²) in [5, 5.41) is 2.33. The van der Waals surface area contributed by atoms with Crippen LogP contribution in [-0.2, 0) is 27.9 Å². The third kappa shape index (κ3) is 5.00. The number of aromatic nitrogens is 1. The lowest BCUT2D eigenvalue weighted by atomic mass is 10.1. The second-order valence-corrected chi connectivity index (χ2v) is 11.6. The van der Waals surface area contributed by atoms with Crippen molar-refractivity contribution in [3.8, 4) is 0 Å². The summed E-state index contributed by atoms with van der Waals surface area (Å²) in [7, 11) is -2.81.